The summed E-state index contributed by atoms with van der Waals surface area (Å²) in [6.45, 7) is 4.71. The van der Waals surface area contributed by atoms with Crippen molar-refractivity contribution >= 4 is 52.6 Å². The van der Waals surface area contributed by atoms with Gasteiger partial charge in [0, 0.05) is 21.4 Å². The van der Waals surface area contributed by atoms with Crippen molar-refractivity contribution in [3.63, 3.8) is 0 Å². The van der Waals surface area contributed by atoms with Crippen LogP contribution in [0.25, 0.3) is 0 Å². The number of esters is 1. The van der Waals surface area contributed by atoms with E-state index < -0.39 is 29.7 Å². The zero-order valence-electron chi connectivity index (χ0n) is 18.3. The number of amides is 4. The molecule has 1 heterocycles. The Morgan fingerprint density at radius 2 is 1.79 bits per heavy atom. The van der Waals surface area contributed by atoms with Gasteiger partial charge in [-0.3, -0.25) is 14.9 Å². The van der Waals surface area contributed by atoms with Gasteiger partial charge in [-0.25, -0.2) is 9.59 Å². The fraction of sp³-hybridized carbons (Fsp3) is 0.318. The molecule has 33 heavy (non-hydrogen) atoms. The Hall–Kier alpha value is -3.01. The normalized spacial score (nSPS) is 17.2. The molecule has 0 aliphatic carbocycles. The minimum atomic E-state index is -1.21. The standard InChI is InChI=1S/C22H24Cl2N4O5/c1-4-33-18(29)13-26-21(31)27(17-10-6-8-15(24)12-17)19(22(26,2)3)28(32)20(30)25-16-9-5-7-14(23)11-16/h5-12,19,32H,4,13H2,1-3H3,(H,25,30). The third kappa shape index (κ3) is 5.16. The Morgan fingerprint density at radius 3 is 2.39 bits per heavy atom. The van der Waals surface area contributed by atoms with Crippen molar-refractivity contribution in [2.45, 2.75) is 32.5 Å². The zero-order chi connectivity index (χ0) is 24.3. The second-order valence-corrected chi connectivity index (χ2v) is 8.71. The van der Waals surface area contributed by atoms with Gasteiger partial charge in [-0.2, -0.15) is 5.06 Å². The first kappa shape index (κ1) is 24.6. The monoisotopic (exact) mass is 494 g/mol. The molecule has 3 rings (SSSR count). The quantitative estimate of drug-likeness (QED) is 0.340. The third-order valence-corrected chi connectivity index (χ3v) is 5.67. The molecule has 1 saturated heterocycles. The molecule has 0 saturated carbocycles. The molecular formula is C22H24Cl2N4O5. The number of halogens is 2. The highest BCUT2D eigenvalue weighted by Crippen LogP contribution is 2.38. The molecule has 1 aliphatic heterocycles. The van der Waals surface area contributed by atoms with Crippen LogP contribution in [0.5, 0.6) is 0 Å². The van der Waals surface area contributed by atoms with Crippen LogP contribution in [0.1, 0.15) is 20.8 Å². The lowest BCUT2D eigenvalue weighted by molar-refractivity contribution is -0.145. The van der Waals surface area contributed by atoms with E-state index in [0.717, 1.165) is 0 Å². The lowest BCUT2D eigenvalue weighted by atomic mass is 10.00. The van der Waals surface area contributed by atoms with Gasteiger partial charge in [0.1, 0.15) is 6.54 Å². The molecule has 1 unspecified atom stereocenters. The molecule has 176 valence electrons. The van der Waals surface area contributed by atoms with Crippen molar-refractivity contribution in [3.05, 3.63) is 58.6 Å². The highest BCUT2D eigenvalue weighted by Gasteiger charge is 2.56. The van der Waals surface area contributed by atoms with Crippen LogP contribution in [-0.4, -0.2) is 58.1 Å². The first-order chi connectivity index (χ1) is 15.6. The Bertz CT molecular complexity index is 1060. The molecule has 1 atom stereocenters. The minimum absolute atomic E-state index is 0.150. The highest BCUT2D eigenvalue weighted by molar-refractivity contribution is 6.31. The van der Waals surface area contributed by atoms with E-state index in [4.69, 9.17) is 27.9 Å². The number of benzene rings is 2. The summed E-state index contributed by atoms with van der Waals surface area (Å²) in [4.78, 5) is 41.0. The molecule has 0 spiro atoms. The van der Waals surface area contributed by atoms with Gasteiger partial charge >= 0.3 is 18.0 Å². The Balaban J connectivity index is 1.99. The first-order valence-electron chi connectivity index (χ1n) is 10.1. The molecule has 2 N–H and O–H groups in total. The van der Waals surface area contributed by atoms with Crippen LogP contribution in [0.2, 0.25) is 10.0 Å². The van der Waals surface area contributed by atoms with E-state index in [9.17, 15) is 19.6 Å². The van der Waals surface area contributed by atoms with Gasteiger partial charge in [-0.1, -0.05) is 35.3 Å². The van der Waals surface area contributed by atoms with E-state index in [1.165, 1.54) is 21.9 Å². The molecule has 2 aromatic rings. The summed E-state index contributed by atoms with van der Waals surface area (Å²) in [6, 6.07) is 11.3. The van der Waals surface area contributed by atoms with Crippen molar-refractivity contribution in [2.75, 3.05) is 23.4 Å². The van der Waals surface area contributed by atoms with Crippen LogP contribution in [0.3, 0.4) is 0 Å². The first-order valence-corrected chi connectivity index (χ1v) is 10.9. The summed E-state index contributed by atoms with van der Waals surface area (Å²) in [5.41, 5.74) is -0.509. The van der Waals surface area contributed by atoms with Crippen molar-refractivity contribution in [1.82, 2.24) is 9.96 Å². The Morgan fingerprint density at radius 1 is 1.15 bits per heavy atom. The van der Waals surface area contributed by atoms with Gasteiger partial charge in [0.2, 0.25) is 0 Å². The number of hydrogen-bond donors (Lipinski definition) is 2. The predicted molar refractivity (Wildman–Crippen MR) is 125 cm³/mol. The second-order valence-electron chi connectivity index (χ2n) is 7.84. The molecular weight excluding hydrogens is 471 g/mol. The largest absolute Gasteiger partial charge is 0.465 e. The molecule has 1 aliphatic rings. The van der Waals surface area contributed by atoms with Crippen molar-refractivity contribution < 1.29 is 24.3 Å². The molecule has 0 aromatic heterocycles. The fourth-order valence-corrected chi connectivity index (χ4v) is 4.06. The molecule has 11 heteroatoms. The smallest absolute Gasteiger partial charge is 0.347 e. The SMILES string of the molecule is CCOC(=O)CN1C(=O)N(c2cccc(Cl)c2)C(N(O)C(=O)Nc2cccc(Cl)c2)C1(C)C. The zero-order valence-corrected chi connectivity index (χ0v) is 19.8. The van der Waals surface area contributed by atoms with Crippen LogP contribution in [0, 0.1) is 0 Å². The van der Waals surface area contributed by atoms with Crippen molar-refractivity contribution in [2.24, 2.45) is 0 Å². The highest BCUT2D eigenvalue weighted by atomic mass is 35.5. The predicted octanol–water partition coefficient (Wildman–Crippen LogP) is 4.83. The number of nitrogens with zero attached hydrogens (tertiary/aromatic N) is 3. The van der Waals surface area contributed by atoms with Crippen LogP contribution in [-0.2, 0) is 9.53 Å². The maximum atomic E-state index is 13.4. The number of rotatable bonds is 6. The van der Waals surface area contributed by atoms with E-state index in [-0.39, 0.29) is 13.2 Å². The Labute approximate surface area is 201 Å². The lowest BCUT2D eigenvalue weighted by Crippen LogP contribution is -2.58. The number of hydrogen-bond acceptors (Lipinski definition) is 5. The number of carbonyl (C=O) groups excluding carboxylic acids is 3. The topological polar surface area (TPSA) is 102 Å². The summed E-state index contributed by atoms with van der Waals surface area (Å²) < 4.78 is 5.00. The molecule has 2 aromatic carbocycles. The van der Waals surface area contributed by atoms with E-state index >= 15 is 0 Å². The molecule has 4 amide bonds. The van der Waals surface area contributed by atoms with Crippen molar-refractivity contribution in [1.29, 1.82) is 0 Å². The summed E-state index contributed by atoms with van der Waals surface area (Å²) in [6.07, 6.45) is -1.21. The van der Waals surface area contributed by atoms with Gasteiger partial charge in [0.05, 0.1) is 12.1 Å². The summed E-state index contributed by atoms with van der Waals surface area (Å²) in [7, 11) is 0. The van der Waals surface area contributed by atoms with Gasteiger partial charge in [0.15, 0.2) is 6.17 Å². The number of hydroxylamine groups is 2. The molecule has 1 fully saturated rings. The Kier molecular flexibility index (Phi) is 7.36. The maximum Gasteiger partial charge on any atom is 0.347 e. The number of nitrogens with one attached hydrogen (secondary N) is 1. The summed E-state index contributed by atoms with van der Waals surface area (Å²) in [5.74, 6) is -0.613. The summed E-state index contributed by atoms with van der Waals surface area (Å²) in [5, 5.41) is 14.7. The number of carbonyl (C=O) groups is 3. The van der Waals surface area contributed by atoms with Crippen molar-refractivity contribution in [3.8, 4) is 0 Å². The van der Waals surface area contributed by atoms with E-state index in [1.807, 2.05) is 0 Å². The van der Waals surface area contributed by atoms with Gasteiger partial charge in [-0.05, 0) is 57.2 Å². The summed E-state index contributed by atoms with van der Waals surface area (Å²) >= 11 is 12.1. The van der Waals surface area contributed by atoms with Gasteiger partial charge in [0.25, 0.3) is 0 Å². The van der Waals surface area contributed by atoms with Crippen LogP contribution in [0.15, 0.2) is 48.5 Å². The molecule has 9 nitrogen and oxygen atoms in total. The maximum absolute atomic E-state index is 13.4. The number of urea groups is 2. The van der Waals surface area contributed by atoms with E-state index in [1.54, 1.807) is 57.2 Å². The van der Waals surface area contributed by atoms with Crippen LogP contribution in [0.4, 0.5) is 21.0 Å². The molecule has 0 radical (unpaired) electrons. The number of anilines is 2. The lowest BCUT2D eigenvalue weighted by Gasteiger charge is -2.38. The second kappa shape index (κ2) is 9.86. The average Bonchev–Trinajstić information content (AvgIpc) is 2.93. The van der Waals surface area contributed by atoms with Gasteiger partial charge < -0.3 is 15.0 Å². The van der Waals surface area contributed by atoms with Gasteiger partial charge in [-0.15, -0.1) is 0 Å². The van der Waals surface area contributed by atoms with E-state index in [2.05, 4.69) is 5.32 Å². The molecule has 0 bridgehead atoms. The fourth-order valence-electron chi connectivity index (χ4n) is 3.69. The van der Waals surface area contributed by atoms with E-state index in [0.29, 0.717) is 26.5 Å². The van der Waals surface area contributed by atoms with Crippen LogP contribution < -0.4 is 10.2 Å². The average molecular weight is 495 g/mol. The van der Waals surface area contributed by atoms with Crippen LogP contribution >= 0.6 is 23.2 Å². The third-order valence-electron chi connectivity index (χ3n) is 5.20. The minimum Gasteiger partial charge on any atom is -0.465 e. The number of ether oxygens (including phenoxy) is 1.